The number of nitrogens with zero attached hydrogens (tertiary/aromatic N) is 2. The van der Waals surface area contributed by atoms with Gasteiger partial charge in [0.1, 0.15) is 10.7 Å². The van der Waals surface area contributed by atoms with Gasteiger partial charge in [0, 0.05) is 25.7 Å². The van der Waals surface area contributed by atoms with E-state index in [2.05, 4.69) is 34.4 Å². The van der Waals surface area contributed by atoms with Crippen LogP contribution < -0.4 is 16.4 Å². The van der Waals surface area contributed by atoms with E-state index in [1.807, 2.05) is 14.1 Å². The van der Waals surface area contributed by atoms with Crippen LogP contribution in [0.25, 0.3) is 0 Å². The summed E-state index contributed by atoms with van der Waals surface area (Å²) >= 11 is 1.25. The summed E-state index contributed by atoms with van der Waals surface area (Å²) in [5.74, 6) is 0.0554. The molecule has 1 amide bonds. The Morgan fingerprint density at radius 3 is 2.71 bits per heavy atom. The van der Waals surface area contributed by atoms with Crippen LogP contribution in [0.1, 0.15) is 23.5 Å². The Hall–Kier alpha value is -1.38. The molecule has 0 aliphatic rings. The van der Waals surface area contributed by atoms with Crippen molar-refractivity contribution in [3.8, 4) is 0 Å². The normalized spacial score (nSPS) is 11.7. The minimum absolute atomic E-state index is 0.130. The smallest absolute Gasteiger partial charge is 0.265 e. The zero-order valence-corrected chi connectivity index (χ0v) is 14.1. The Balaban J connectivity index is 2.62. The van der Waals surface area contributed by atoms with Gasteiger partial charge < -0.3 is 26.0 Å². The van der Waals surface area contributed by atoms with Gasteiger partial charge in [0.2, 0.25) is 0 Å². The van der Waals surface area contributed by atoms with E-state index in [1.54, 1.807) is 7.11 Å². The molecule has 1 heterocycles. The predicted molar refractivity (Wildman–Crippen MR) is 87.0 cm³/mol. The SMILES string of the molecule is COCCNc1nc(N)c(C(=O)NCC(C)(C)N(C)C)s1. The van der Waals surface area contributed by atoms with Crippen molar-refractivity contribution in [1.29, 1.82) is 0 Å². The zero-order chi connectivity index (χ0) is 16.0. The quantitative estimate of drug-likeness (QED) is 0.616. The average molecular weight is 315 g/mol. The maximum atomic E-state index is 12.2. The number of methoxy groups -OCH3 is 1. The predicted octanol–water partition coefficient (Wildman–Crippen LogP) is 0.854. The van der Waals surface area contributed by atoms with E-state index in [1.165, 1.54) is 11.3 Å². The zero-order valence-electron chi connectivity index (χ0n) is 13.3. The highest BCUT2D eigenvalue weighted by Gasteiger charge is 2.23. The fourth-order valence-corrected chi connectivity index (χ4v) is 2.19. The molecule has 0 saturated carbocycles. The van der Waals surface area contributed by atoms with Gasteiger partial charge in [0.15, 0.2) is 5.13 Å². The van der Waals surface area contributed by atoms with Gasteiger partial charge in [-0.25, -0.2) is 4.98 Å². The summed E-state index contributed by atoms with van der Waals surface area (Å²) in [6, 6.07) is 0. The summed E-state index contributed by atoms with van der Waals surface area (Å²) in [4.78, 5) is 18.8. The Labute approximate surface area is 129 Å². The molecule has 120 valence electrons. The Morgan fingerprint density at radius 1 is 1.48 bits per heavy atom. The number of carbonyl (C=O) groups excluding carboxylic acids is 1. The first-order valence-electron chi connectivity index (χ1n) is 6.72. The van der Waals surface area contributed by atoms with Crippen LogP contribution in [0, 0.1) is 0 Å². The van der Waals surface area contributed by atoms with Crippen molar-refractivity contribution in [2.75, 3.05) is 52.0 Å². The lowest BCUT2D eigenvalue weighted by Gasteiger charge is -2.32. The fourth-order valence-electron chi connectivity index (χ4n) is 1.37. The van der Waals surface area contributed by atoms with Crippen LogP contribution in [-0.2, 0) is 4.74 Å². The number of ether oxygens (including phenoxy) is 1. The molecule has 0 saturated heterocycles. The van der Waals surface area contributed by atoms with Gasteiger partial charge in [-0.3, -0.25) is 4.79 Å². The molecule has 0 aliphatic carbocycles. The lowest BCUT2D eigenvalue weighted by molar-refractivity contribution is 0.0924. The highest BCUT2D eigenvalue weighted by atomic mass is 32.1. The van der Waals surface area contributed by atoms with Gasteiger partial charge in [-0.05, 0) is 27.9 Å². The van der Waals surface area contributed by atoms with Gasteiger partial charge in [-0.15, -0.1) is 0 Å². The molecule has 1 aromatic heterocycles. The minimum Gasteiger partial charge on any atom is -0.383 e. The monoisotopic (exact) mass is 315 g/mol. The summed E-state index contributed by atoms with van der Waals surface area (Å²) in [7, 11) is 5.58. The van der Waals surface area contributed by atoms with Crippen LogP contribution in [-0.4, -0.2) is 62.2 Å². The molecule has 0 spiro atoms. The van der Waals surface area contributed by atoms with E-state index in [-0.39, 0.29) is 17.3 Å². The lowest BCUT2D eigenvalue weighted by atomic mass is 10.0. The van der Waals surface area contributed by atoms with Gasteiger partial charge in [-0.1, -0.05) is 11.3 Å². The van der Waals surface area contributed by atoms with Crippen LogP contribution in [0.4, 0.5) is 10.9 Å². The first-order valence-corrected chi connectivity index (χ1v) is 7.54. The number of hydrogen-bond acceptors (Lipinski definition) is 7. The summed E-state index contributed by atoms with van der Waals surface area (Å²) in [6.07, 6.45) is 0. The Bertz CT molecular complexity index is 473. The molecule has 1 aromatic rings. The van der Waals surface area contributed by atoms with Gasteiger partial charge >= 0.3 is 0 Å². The summed E-state index contributed by atoms with van der Waals surface area (Å²) < 4.78 is 4.95. The topological polar surface area (TPSA) is 92.5 Å². The third-order valence-corrected chi connectivity index (χ3v) is 4.36. The lowest BCUT2D eigenvalue weighted by Crippen LogP contribution is -2.48. The molecular weight excluding hydrogens is 290 g/mol. The molecule has 0 bridgehead atoms. The van der Waals surface area contributed by atoms with Crippen LogP contribution in [0.5, 0.6) is 0 Å². The highest BCUT2D eigenvalue weighted by Crippen LogP contribution is 2.24. The first-order chi connectivity index (χ1) is 9.77. The standard InChI is InChI=1S/C13H25N5O2S/c1-13(2,18(3)4)8-16-11(19)9-10(14)17-12(21-9)15-6-7-20-5/h6-8,14H2,1-5H3,(H,15,17)(H,16,19). The van der Waals surface area contributed by atoms with E-state index < -0.39 is 0 Å². The Morgan fingerprint density at radius 2 is 2.14 bits per heavy atom. The molecule has 0 unspecified atom stereocenters. The number of nitrogen functional groups attached to an aromatic ring is 1. The fraction of sp³-hybridized carbons (Fsp3) is 0.692. The summed E-state index contributed by atoms with van der Waals surface area (Å²) in [5, 5.41) is 6.59. The molecule has 0 aromatic carbocycles. The van der Waals surface area contributed by atoms with E-state index in [4.69, 9.17) is 10.5 Å². The molecule has 21 heavy (non-hydrogen) atoms. The second kappa shape index (κ2) is 7.58. The number of hydrogen-bond donors (Lipinski definition) is 3. The minimum atomic E-state index is -0.195. The summed E-state index contributed by atoms with van der Waals surface area (Å²) in [5.41, 5.74) is 5.67. The number of carbonyl (C=O) groups is 1. The molecule has 0 atom stereocenters. The van der Waals surface area contributed by atoms with Crippen molar-refractivity contribution in [1.82, 2.24) is 15.2 Å². The average Bonchev–Trinajstić information content (AvgIpc) is 2.77. The van der Waals surface area contributed by atoms with Gasteiger partial charge in [0.25, 0.3) is 5.91 Å². The molecule has 4 N–H and O–H groups in total. The van der Waals surface area contributed by atoms with Crippen LogP contribution >= 0.6 is 11.3 Å². The largest absolute Gasteiger partial charge is 0.383 e. The van der Waals surface area contributed by atoms with Gasteiger partial charge in [-0.2, -0.15) is 0 Å². The molecule has 0 fully saturated rings. The maximum absolute atomic E-state index is 12.2. The second-order valence-electron chi connectivity index (χ2n) is 5.54. The van der Waals surface area contributed by atoms with E-state index in [0.717, 1.165) is 0 Å². The number of rotatable bonds is 8. The van der Waals surface area contributed by atoms with Crippen molar-refractivity contribution >= 4 is 28.2 Å². The third kappa shape index (κ3) is 5.14. The molecule has 0 aliphatic heterocycles. The van der Waals surface area contributed by atoms with E-state index in [9.17, 15) is 4.79 Å². The van der Waals surface area contributed by atoms with Crippen LogP contribution in [0.3, 0.4) is 0 Å². The highest BCUT2D eigenvalue weighted by molar-refractivity contribution is 7.18. The number of nitrogens with two attached hydrogens (primary N) is 1. The van der Waals surface area contributed by atoms with E-state index in [0.29, 0.717) is 29.7 Å². The number of aromatic nitrogens is 1. The first kappa shape index (κ1) is 17.7. The van der Waals surface area contributed by atoms with Gasteiger partial charge in [0.05, 0.1) is 6.61 Å². The van der Waals surface area contributed by atoms with Crippen molar-refractivity contribution in [2.45, 2.75) is 19.4 Å². The molecular formula is C13H25N5O2S. The third-order valence-electron chi connectivity index (χ3n) is 3.33. The number of anilines is 2. The van der Waals surface area contributed by atoms with Crippen molar-refractivity contribution in [3.63, 3.8) is 0 Å². The number of likely N-dealkylation sites (N-methyl/N-ethyl adjacent to an activating group) is 1. The number of amides is 1. The number of thiazole rings is 1. The van der Waals surface area contributed by atoms with Crippen molar-refractivity contribution in [2.24, 2.45) is 0 Å². The van der Waals surface area contributed by atoms with Crippen molar-refractivity contribution in [3.05, 3.63) is 4.88 Å². The molecule has 0 radical (unpaired) electrons. The van der Waals surface area contributed by atoms with E-state index >= 15 is 0 Å². The summed E-state index contributed by atoms with van der Waals surface area (Å²) in [6.45, 7) is 5.83. The van der Waals surface area contributed by atoms with Crippen LogP contribution in [0.15, 0.2) is 0 Å². The van der Waals surface area contributed by atoms with Crippen molar-refractivity contribution < 1.29 is 9.53 Å². The number of nitrogens with one attached hydrogen (secondary N) is 2. The molecule has 1 rings (SSSR count). The molecule has 8 heteroatoms. The van der Waals surface area contributed by atoms with Crippen LogP contribution in [0.2, 0.25) is 0 Å². The Kier molecular flexibility index (Phi) is 6.38. The maximum Gasteiger partial charge on any atom is 0.265 e. The second-order valence-corrected chi connectivity index (χ2v) is 6.54. The molecule has 7 nitrogen and oxygen atoms in total.